The number of likely N-dealkylation sites (N-methyl/N-ethyl adjacent to an activating group) is 1. The van der Waals surface area contributed by atoms with E-state index in [4.69, 9.17) is 5.11 Å². The van der Waals surface area contributed by atoms with Crippen molar-refractivity contribution in [2.24, 2.45) is 0 Å². The first-order chi connectivity index (χ1) is 3.54. The van der Waals surface area contributed by atoms with E-state index in [-0.39, 0.29) is 5.91 Å². The van der Waals surface area contributed by atoms with E-state index in [1.54, 1.807) is 7.05 Å². The van der Waals surface area contributed by atoms with E-state index in [0.29, 0.717) is 6.54 Å². The standard InChI is InChI=1S/C5H9NO2/c1-5(8)3-6(2)4(5)7/h8H,3H2,1-2H3. The van der Waals surface area contributed by atoms with E-state index < -0.39 is 5.60 Å². The first-order valence-corrected chi connectivity index (χ1v) is 2.52. The maximum Gasteiger partial charge on any atom is 0.255 e. The predicted octanol–water partition coefficient (Wildman–Crippen LogP) is -0.791. The quantitative estimate of drug-likeness (QED) is 0.420. The number of aliphatic hydroxyl groups is 1. The summed E-state index contributed by atoms with van der Waals surface area (Å²) in [7, 11) is 1.67. The summed E-state index contributed by atoms with van der Waals surface area (Å²) in [5.41, 5.74) is -1.06. The maximum atomic E-state index is 10.6. The molecule has 0 aliphatic carbocycles. The van der Waals surface area contributed by atoms with Gasteiger partial charge in [-0.1, -0.05) is 0 Å². The first-order valence-electron chi connectivity index (χ1n) is 2.52. The van der Waals surface area contributed by atoms with Crippen LogP contribution in [0.2, 0.25) is 0 Å². The van der Waals surface area contributed by atoms with Gasteiger partial charge in [-0.05, 0) is 6.92 Å². The number of hydrogen-bond acceptors (Lipinski definition) is 2. The van der Waals surface area contributed by atoms with Gasteiger partial charge in [-0.25, -0.2) is 0 Å². The fourth-order valence-corrected chi connectivity index (χ4v) is 0.921. The summed E-state index contributed by atoms with van der Waals surface area (Å²) < 4.78 is 0. The topological polar surface area (TPSA) is 40.5 Å². The monoisotopic (exact) mass is 115 g/mol. The molecule has 1 heterocycles. The van der Waals surface area contributed by atoms with Crippen LogP contribution in [0.4, 0.5) is 0 Å². The van der Waals surface area contributed by atoms with Crippen LogP contribution in [-0.4, -0.2) is 35.1 Å². The van der Waals surface area contributed by atoms with Crippen molar-refractivity contribution in [1.82, 2.24) is 4.90 Å². The third-order valence-corrected chi connectivity index (χ3v) is 1.35. The molecule has 0 bridgehead atoms. The van der Waals surface area contributed by atoms with Crippen molar-refractivity contribution in [2.75, 3.05) is 13.6 Å². The van der Waals surface area contributed by atoms with Crippen molar-refractivity contribution in [3.8, 4) is 0 Å². The lowest BCUT2D eigenvalue weighted by atomic mass is 9.97. The smallest absolute Gasteiger partial charge is 0.255 e. The van der Waals surface area contributed by atoms with Crippen LogP contribution in [0.25, 0.3) is 0 Å². The van der Waals surface area contributed by atoms with E-state index in [1.165, 1.54) is 11.8 Å². The van der Waals surface area contributed by atoms with Crippen LogP contribution in [0.1, 0.15) is 6.92 Å². The number of rotatable bonds is 0. The van der Waals surface area contributed by atoms with Crippen LogP contribution >= 0.6 is 0 Å². The van der Waals surface area contributed by atoms with Gasteiger partial charge in [0.25, 0.3) is 5.91 Å². The zero-order valence-electron chi connectivity index (χ0n) is 5.01. The van der Waals surface area contributed by atoms with Gasteiger partial charge in [0.05, 0.1) is 6.54 Å². The molecule has 3 heteroatoms. The molecule has 1 aliphatic heterocycles. The number of nitrogens with zero attached hydrogens (tertiary/aromatic N) is 1. The Kier molecular flexibility index (Phi) is 0.854. The molecule has 1 aliphatic rings. The minimum absolute atomic E-state index is 0.183. The molecule has 0 radical (unpaired) electrons. The molecule has 1 amide bonds. The zero-order chi connectivity index (χ0) is 6.36. The van der Waals surface area contributed by atoms with Crippen molar-refractivity contribution in [1.29, 1.82) is 0 Å². The van der Waals surface area contributed by atoms with Crippen LogP contribution in [0, 0.1) is 0 Å². The zero-order valence-corrected chi connectivity index (χ0v) is 5.01. The lowest BCUT2D eigenvalue weighted by Crippen LogP contribution is -2.63. The Morgan fingerprint density at radius 2 is 2.38 bits per heavy atom. The molecule has 0 aromatic carbocycles. The number of likely N-dealkylation sites (tertiary alicyclic amines) is 1. The molecule has 1 fully saturated rings. The maximum absolute atomic E-state index is 10.6. The Bertz CT molecular complexity index is 130. The van der Waals surface area contributed by atoms with Crippen molar-refractivity contribution in [2.45, 2.75) is 12.5 Å². The molecule has 0 aromatic rings. The van der Waals surface area contributed by atoms with Crippen molar-refractivity contribution < 1.29 is 9.90 Å². The highest BCUT2D eigenvalue weighted by atomic mass is 16.3. The van der Waals surface area contributed by atoms with Crippen molar-refractivity contribution >= 4 is 5.91 Å². The van der Waals surface area contributed by atoms with E-state index in [2.05, 4.69) is 0 Å². The highest BCUT2D eigenvalue weighted by Crippen LogP contribution is 2.18. The second-order valence-electron chi connectivity index (χ2n) is 2.44. The summed E-state index contributed by atoms with van der Waals surface area (Å²) in [6, 6.07) is 0. The molecule has 0 saturated carbocycles. The summed E-state index contributed by atoms with van der Waals surface area (Å²) in [4.78, 5) is 12.0. The van der Waals surface area contributed by atoms with Gasteiger partial charge in [0.2, 0.25) is 0 Å². The van der Waals surface area contributed by atoms with Crippen LogP contribution in [0.15, 0.2) is 0 Å². The van der Waals surface area contributed by atoms with Gasteiger partial charge in [-0.15, -0.1) is 0 Å². The number of carbonyl (C=O) groups excluding carboxylic acids is 1. The van der Waals surface area contributed by atoms with Gasteiger partial charge in [0, 0.05) is 7.05 Å². The largest absolute Gasteiger partial charge is 0.378 e. The van der Waals surface area contributed by atoms with Gasteiger partial charge in [0.1, 0.15) is 0 Å². The fourth-order valence-electron chi connectivity index (χ4n) is 0.921. The lowest BCUT2D eigenvalue weighted by Gasteiger charge is -2.40. The van der Waals surface area contributed by atoms with Gasteiger partial charge >= 0.3 is 0 Å². The molecule has 1 unspecified atom stereocenters. The highest BCUT2D eigenvalue weighted by molar-refractivity contribution is 5.90. The molecule has 0 aromatic heterocycles. The summed E-state index contributed by atoms with van der Waals surface area (Å²) in [5, 5.41) is 8.96. The van der Waals surface area contributed by atoms with Gasteiger partial charge < -0.3 is 10.0 Å². The molecule has 0 spiro atoms. The molecule has 1 rings (SSSR count). The fraction of sp³-hybridized carbons (Fsp3) is 0.800. The summed E-state index contributed by atoms with van der Waals surface area (Å²) >= 11 is 0. The number of β-lactam (4-membered cyclic amide) rings is 1. The molecular weight excluding hydrogens is 106 g/mol. The molecule has 3 nitrogen and oxygen atoms in total. The van der Waals surface area contributed by atoms with Crippen LogP contribution in [0.3, 0.4) is 0 Å². The third kappa shape index (κ3) is 0.512. The Morgan fingerprint density at radius 3 is 2.38 bits per heavy atom. The Hall–Kier alpha value is -0.570. The second kappa shape index (κ2) is 1.23. The third-order valence-electron chi connectivity index (χ3n) is 1.35. The van der Waals surface area contributed by atoms with Crippen LogP contribution < -0.4 is 0 Å². The lowest BCUT2D eigenvalue weighted by molar-refractivity contribution is -0.169. The Morgan fingerprint density at radius 1 is 1.88 bits per heavy atom. The van der Waals surface area contributed by atoms with Gasteiger partial charge in [-0.3, -0.25) is 4.79 Å². The van der Waals surface area contributed by atoms with E-state index in [0.717, 1.165) is 0 Å². The normalized spacial score (nSPS) is 37.4. The SMILES string of the molecule is CN1CC(C)(O)C1=O. The van der Waals surface area contributed by atoms with E-state index >= 15 is 0 Å². The number of hydrogen-bond donors (Lipinski definition) is 1. The minimum atomic E-state index is -1.06. The van der Waals surface area contributed by atoms with Crippen LogP contribution in [-0.2, 0) is 4.79 Å². The number of β-amino-alcohol motifs (C(OH)–C–C–N with tert-alkyl or cyclic N) is 1. The molecule has 1 atom stereocenters. The number of amides is 1. The van der Waals surface area contributed by atoms with Crippen molar-refractivity contribution in [3.63, 3.8) is 0 Å². The molecule has 8 heavy (non-hydrogen) atoms. The summed E-state index contributed by atoms with van der Waals surface area (Å²) in [5.74, 6) is -0.183. The van der Waals surface area contributed by atoms with Crippen LogP contribution in [0.5, 0.6) is 0 Å². The first kappa shape index (κ1) is 5.56. The van der Waals surface area contributed by atoms with E-state index in [9.17, 15) is 4.79 Å². The van der Waals surface area contributed by atoms with Gasteiger partial charge in [0.15, 0.2) is 5.60 Å². The Labute approximate surface area is 47.9 Å². The van der Waals surface area contributed by atoms with Gasteiger partial charge in [-0.2, -0.15) is 0 Å². The average Bonchev–Trinajstić information content (AvgIpc) is 1.65. The second-order valence-corrected chi connectivity index (χ2v) is 2.44. The molecule has 1 saturated heterocycles. The summed E-state index contributed by atoms with van der Waals surface area (Å²) in [6.45, 7) is 1.99. The predicted molar refractivity (Wildman–Crippen MR) is 28.3 cm³/mol. The molecule has 1 N–H and O–H groups in total. The van der Waals surface area contributed by atoms with E-state index in [1.807, 2.05) is 0 Å². The Balaban J connectivity index is 2.61. The minimum Gasteiger partial charge on any atom is -0.378 e. The van der Waals surface area contributed by atoms with Crippen molar-refractivity contribution in [3.05, 3.63) is 0 Å². The number of carbonyl (C=O) groups is 1. The molecule has 46 valence electrons. The highest BCUT2D eigenvalue weighted by Gasteiger charge is 2.44. The molecular formula is C5H9NO2. The average molecular weight is 115 g/mol. The summed E-state index contributed by atoms with van der Waals surface area (Å²) in [6.07, 6.45) is 0.